The molecule has 0 saturated carbocycles. The van der Waals surface area contributed by atoms with Gasteiger partial charge in [0.1, 0.15) is 18.1 Å². The Hall–Kier alpha value is -1.42. The summed E-state index contributed by atoms with van der Waals surface area (Å²) in [5.41, 5.74) is 6.65. The molecule has 0 spiro atoms. The molecular weight excluding hydrogens is 192 g/mol. The highest BCUT2D eigenvalue weighted by molar-refractivity contribution is 5.62. The predicted octanol–water partition coefficient (Wildman–Crippen LogP) is 0.853. The summed E-state index contributed by atoms with van der Waals surface area (Å²) in [7, 11) is 1.67. The van der Waals surface area contributed by atoms with Crippen molar-refractivity contribution in [3.63, 3.8) is 0 Å². The molecule has 1 aliphatic heterocycles. The van der Waals surface area contributed by atoms with Crippen LogP contribution in [-0.2, 0) is 0 Å². The molecule has 15 heavy (non-hydrogen) atoms. The van der Waals surface area contributed by atoms with Gasteiger partial charge in [0, 0.05) is 19.2 Å². The molecular formula is C11H16N2O2. The van der Waals surface area contributed by atoms with E-state index >= 15 is 0 Å². The van der Waals surface area contributed by atoms with Crippen molar-refractivity contribution in [3.8, 4) is 11.5 Å². The maximum absolute atomic E-state index is 5.57. The molecule has 0 bridgehead atoms. The number of fused-ring (bicyclic) bond motifs is 1. The first kappa shape index (κ1) is 10.1. The second kappa shape index (κ2) is 4.40. The number of ether oxygens (including phenoxy) is 2. The monoisotopic (exact) mass is 208 g/mol. The molecule has 1 aliphatic rings. The number of methoxy groups -OCH3 is 1. The van der Waals surface area contributed by atoms with Gasteiger partial charge in [0.15, 0.2) is 0 Å². The molecule has 0 unspecified atom stereocenters. The summed E-state index contributed by atoms with van der Waals surface area (Å²) in [6.45, 7) is 3.11. The number of nitrogens with zero attached hydrogens (tertiary/aromatic N) is 1. The molecule has 0 aromatic heterocycles. The zero-order valence-corrected chi connectivity index (χ0v) is 8.90. The Morgan fingerprint density at radius 2 is 2.40 bits per heavy atom. The zero-order chi connectivity index (χ0) is 10.7. The number of benzene rings is 1. The summed E-state index contributed by atoms with van der Waals surface area (Å²) in [5.74, 6) is 1.76. The van der Waals surface area contributed by atoms with E-state index in [-0.39, 0.29) is 0 Å². The molecule has 0 saturated heterocycles. The molecule has 0 atom stereocenters. The number of anilines is 1. The summed E-state index contributed by atoms with van der Waals surface area (Å²) in [5, 5.41) is 0. The average molecular weight is 208 g/mol. The van der Waals surface area contributed by atoms with Crippen LogP contribution in [0, 0.1) is 0 Å². The third-order valence-corrected chi connectivity index (χ3v) is 2.52. The largest absolute Gasteiger partial charge is 0.497 e. The number of nitrogens with two attached hydrogens (primary N) is 1. The SMILES string of the molecule is COc1ccc2c(c1)N(CCN)CCO2. The van der Waals surface area contributed by atoms with Crippen molar-refractivity contribution < 1.29 is 9.47 Å². The van der Waals surface area contributed by atoms with Crippen LogP contribution in [0.2, 0.25) is 0 Å². The van der Waals surface area contributed by atoms with Crippen LogP contribution in [0.15, 0.2) is 18.2 Å². The van der Waals surface area contributed by atoms with E-state index in [1.807, 2.05) is 18.2 Å². The fourth-order valence-electron chi connectivity index (χ4n) is 1.77. The lowest BCUT2D eigenvalue weighted by Crippen LogP contribution is -2.36. The van der Waals surface area contributed by atoms with Crippen molar-refractivity contribution in [2.75, 3.05) is 38.3 Å². The second-order valence-corrected chi connectivity index (χ2v) is 3.46. The summed E-state index contributed by atoms with van der Waals surface area (Å²) in [4.78, 5) is 2.22. The van der Waals surface area contributed by atoms with E-state index < -0.39 is 0 Å². The maximum Gasteiger partial charge on any atom is 0.142 e. The topological polar surface area (TPSA) is 47.7 Å². The number of hydrogen-bond donors (Lipinski definition) is 1. The Morgan fingerprint density at radius 1 is 1.53 bits per heavy atom. The van der Waals surface area contributed by atoms with E-state index in [0.717, 1.165) is 36.9 Å². The van der Waals surface area contributed by atoms with Gasteiger partial charge in [0.2, 0.25) is 0 Å². The molecule has 1 aromatic carbocycles. The van der Waals surface area contributed by atoms with Gasteiger partial charge in [-0.25, -0.2) is 0 Å². The van der Waals surface area contributed by atoms with Gasteiger partial charge in [-0.15, -0.1) is 0 Å². The Labute approximate surface area is 89.6 Å². The van der Waals surface area contributed by atoms with Gasteiger partial charge in [0.25, 0.3) is 0 Å². The summed E-state index contributed by atoms with van der Waals surface area (Å²) < 4.78 is 10.8. The zero-order valence-electron chi connectivity index (χ0n) is 8.90. The molecule has 82 valence electrons. The van der Waals surface area contributed by atoms with Crippen molar-refractivity contribution in [1.82, 2.24) is 0 Å². The van der Waals surface area contributed by atoms with Crippen molar-refractivity contribution in [3.05, 3.63) is 18.2 Å². The maximum atomic E-state index is 5.57. The van der Waals surface area contributed by atoms with Gasteiger partial charge >= 0.3 is 0 Å². The van der Waals surface area contributed by atoms with Gasteiger partial charge < -0.3 is 20.1 Å². The standard InChI is InChI=1S/C11H16N2O2/c1-14-9-2-3-11-10(8-9)13(5-4-12)6-7-15-11/h2-3,8H,4-7,12H2,1H3. The van der Waals surface area contributed by atoms with Gasteiger partial charge in [-0.1, -0.05) is 0 Å². The molecule has 2 rings (SSSR count). The van der Waals surface area contributed by atoms with Crippen LogP contribution in [0.25, 0.3) is 0 Å². The van der Waals surface area contributed by atoms with Crippen LogP contribution in [0.1, 0.15) is 0 Å². The van der Waals surface area contributed by atoms with Gasteiger partial charge in [-0.2, -0.15) is 0 Å². The predicted molar refractivity (Wildman–Crippen MR) is 59.8 cm³/mol. The van der Waals surface area contributed by atoms with Crippen LogP contribution in [0.4, 0.5) is 5.69 Å². The lowest BCUT2D eigenvalue weighted by Gasteiger charge is -2.31. The molecule has 0 aliphatic carbocycles. The van der Waals surface area contributed by atoms with Gasteiger partial charge in [0.05, 0.1) is 19.3 Å². The van der Waals surface area contributed by atoms with Gasteiger partial charge in [-0.3, -0.25) is 0 Å². The van der Waals surface area contributed by atoms with Gasteiger partial charge in [-0.05, 0) is 12.1 Å². The fourth-order valence-corrected chi connectivity index (χ4v) is 1.77. The quantitative estimate of drug-likeness (QED) is 0.800. The van der Waals surface area contributed by atoms with E-state index in [9.17, 15) is 0 Å². The fraction of sp³-hybridized carbons (Fsp3) is 0.455. The van der Waals surface area contributed by atoms with Crippen molar-refractivity contribution >= 4 is 5.69 Å². The first-order chi connectivity index (χ1) is 7.35. The Bertz CT molecular complexity index is 341. The molecule has 1 aromatic rings. The number of hydrogen-bond acceptors (Lipinski definition) is 4. The van der Waals surface area contributed by atoms with E-state index in [2.05, 4.69) is 4.90 Å². The van der Waals surface area contributed by atoms with Crippen LogP contribution >= 0.6 is 0 Å². The minimum absolute atomic E-state index is 0.649. The van der Waals surface area contributed by atoms with Crippen LogP contribution in [-0.4, -0.2) is 33.4 Å². The Balaban J connectivity index is 2.30. The van der Waals surface area contributed by atoms with Crippen LogP contribution in [0.5, 0.6) is 11.5 Å². The smallest absolute Gasteiger partial charge is 0.142 e. The first-order valence-electron chi connectivity index (χ1n) is 5.11. The van der Waals surface area contributed by atoms with E-state index in [0.29, 0.717) is 6.54 Å². The highest BCUT2D eigenvalue weighted by atomic mass is 16.5. The minimum atomic E-state index is 0.649. The second-order valence-electron chi connectivity index (χ2n) is 3.46. The van der Waals surface area contributed by atoms with E-state index in [4.69, 9.17) is 15.2 Å². The van der Waals surface area contributed by atoms with E-state index in [1.54, 1.807) is 7.11 Å². The lowest BCUT2D eigenvalue weighted by atomic mass is 10.2. The molecule has 2 N–H and O–H groups in total. The average Bonchev–Trinajstić information content (AvgIpc) is 2.29. The highest BCUT2D eigenvalue weighted by Gasteiger charge is 2.17. The van der Waals surface area contributed by atoms with Crippen molar-refractivity contribution in [2.45, 2.75) is 0 Å². The summed E-state index contributed by atoms with van der Waals surface area (Å²) in [6.07, 6.45) is 0. The van der Waals surface area contributed by atoms with Crippen molar-refractivity contribution in [1.29, 1.82) is 0 Å². The Morgan fingerprint density at radius 3 is 3.13 bits per heavy atom. The first-order valence-corrected chi connectivity index (χ1v) is 5.11. The Kier molecular flexibility index (Phi) is 2.97. The third kappa shape index (κ3) is 1.99. The molecule has 0 fully saturated rings. The molecule has 0 amide bonds. The third-order valence-electron chi connectivity index (χ3n) is 2.52. The highest BCUT2D eigenvalue weighted by Crippen LogP contribution is 2.34. The number of rotatable bonds is 3. The van der Waals surface area contributed by atoms with Crippen LogP contribution < -0.4 is 20.1 Å². The lowest BCUT2D eigenvalue weighted by molar-refractivity contribution is 0.307. The summed E-state index contributed by atoms with van der Waals surface area (Å²) >= 11 is 0. The van der Waals surface area contributed by atoms with Crippen LogP contribution in [0.3, 0.4) is 0 Å². The molecule has 0 radical (unpaired) electrons. The van der Waals surface area contributed by atoms with E-state index in [1.165, 1.54) is 0 Å². The molecule has 4 heteroatoms. The minimum Gasteiger partial charge on any atom is -0.497 e. The normalized spacial score (nSPS) is 14.4. The van der Waals surface area contributed by atoms with Crippen molar-refractivity contribution in [2.24, 2.45) is 5.73 Å². The molecule has 1 heterocycles. The summed E-state index contributed by atoms with van der Waals surface area (Å²) in [6, 6.07) is 5.84. The molecule has 4 nitrogen and oxygen atoms in total.